The molecule has 2 aromatic rings. The van der Waals surface area contributed by atoms with Crippen molar-refractivity contribution < 1.29 is 4.74 Å². The molecule has 1 N–H and O–H groups in total. The van der Waals surface area contributed by atoms with Crippen molar-refractivity contribution in [2.24, 2.45) is 7.05 Å². The van der Waals surface area contributed by atoms with Crippen LogP contribution in [0, 0.1) is 0 Å². The fourth-order valence-electron chi connectivity index (χ4n) is 2.14. The van der Waals surface area contributed by atoms with Crippen LogP contribution in [0.3, 0.4) is 0 Å². The van der Waals surface area contributed by atoms with Crippen molar-refractivity contribution in [1.82, 2.24) is 15.1 Å². The van der Waals surface area contributed by atoms with E-state index in [9.17, 15) is 0 Å². The van der Waals surface area contributed by atoms with Crippen molar-refractivity contribution in [2.75, 3.05) is 20.3 Å². The van der Waals surface area contributed by atoms with Crippen LogP contribution in [0.15, 0.2) is 24.3 Å². The summed E-state index contributed by atoms with van der Waals surface area (Å²) in [6.07, 6.45) is 1.04. The molecule has 2 rings (SSSR count). The molecule has 0 aliphatic rings. The number of hydrogen-bond acceptors (Lipinski definition) is 3. The Kier molecular flexibility index (Phi) is 4.33. The van der Waals surface area contributed by atoms with Gasteiger partial charge in [-0.15, -0.1) is 0 Å². The lowest BCUT2D eigenvalue weighted by Crippen LogP contribution is -2.22. The molecule has 0 fully saturated rings. The first-order chi connectivity index (χ1) is 8.77. The molecule has 18 heavy (non-hydrogen) atoms. The third-order valence-electron chi connectivity index (χ3n) is 3.10. The van der Waals surface area contributed by atoms with Gasteiger partial charge in [0.2, 0.25) is 0 Å². The van der Waals surface area contributed by atoms with E-state index in [4.69, 9.17) is 4.74 Å². The molecule has 0 spiro atoms. The Balaban J connectivity index is 2.27. The number of aromatic nitrogens is 2. The van der Waals surface area contributed by atoms with E-state index in [1.54, 1.807) is 0 Å². The molecule has 1 atom stereocenters. The second-order valence-electron chi connectivity index (χ2n) is 4.44. The summed E-state index contributed by atoms with van der Waals surface area (Å²) in [6, 6.07) is 8.43. The zero-order valence-electron chi connectivity index (χ0n) is 11.3. The van der Waals surface area contributed by atoms with E-state index in [1.807, 2.05) is 30.9 Å². The third kappa shape index (κ3) is 2.54. The number of rotatable bonds is 6. The highest BCUT2D eigenvalue weighted by Crippen LogP contribution is 2.23. The van der Waals surface area contributed by atoms with Crippen LogP contribution >= 0.6 is 0 Å². The van der Waals surface area contributed by atoms with Gasteiger partial charge < -0.3 is 10.1 Å². The number of aryl methyl sites for hydroxylation is 1. The molecule has 0 bridgehead atoms. The van der Waals surface area contributed by atoms with Gasteiger partial charge in [0.05, 0.1) is 23.9 Å². The molecule has 4 nitrogen and oxygen atoms in total. The van der Waals surface area contributed by atoms with Crippen LogP contribution in [-0.4, -0.2) is 30.0 Å². The number of nitrogens with zero attached hydrogens (tertiary/aromatic N) is 2. The van der Waals surface area contributed by atoms with E-state index in [-0.39, 0.29) is 6.04 Å². The summed E-state index contributed by atoms with van der Waals surface area (Å²) in [5.41, 5.74) is 2.22. The highest BCUT2D eigenvalue weighted by Gasteiger charge is 2.17. The Labute approximate surface area is 108 Å². The van der Waals surface area contributed by atoms with Gasteiger partial charge in [0.25, 0.3) is 0 Å². The molecule has 4 heteroatoms. The second kappa shape index (κ2) is 5.98. The van der Waals surface area contributed by atoms with Crippen molar-refractivity contribution in [3.63, 3.8) is 0 Å². The van der Waals surface area contributed by atoms with E-state index in [1.165, 1.54) is 5.39 Å². The fraction of sp³-hybridized carbons (Fsp3) is 0.500. The third-order valence-corrected chi connectivity index (χ3v) is 3.10. The van der Waals surface area contributed by atoms with Gasteiger partial charge in [-0.2, -0.15) is 5.10 Å². The average Bonchev–Trinajstić information content (AvgIpc) is 2.73. The maximum atomic E-state index is 5.64. The first kappa shape index (κ1) is 13.1. The minimum atomic E-state index is 0.141. The summed E-state index contributed by atoms with van der Waals surface area (Å²) < 4.78 is 7.56. The van der Waals surface area contributed by atoms with Gasteiger partial charge in [-0.3, -0.25) is 4.68 Å². The van der Waals surface area contributed by atoms with Crippen LogP contribution in [0.4, 0.5) is 0 Å². The second-order valence-corrected chi connectivity index (χ2v) is 4.44. The van der Waals surface area contributed by atoms with Crippen molar-refractivity contribution in [3.8, 4) is 0 Å². The average molecular weight is 247 g/mol. The molecule has 1 aromatic carbocycles. The Morgan fingerprint density at radius 1 is 1.39 bits per heavy atom. The first-order valence-electron chi connectivity index (χ1n) is 6.44. The standard InChI is InChI=1S/C14H21N3O/c1-4-9-18-10-12(15-2)14-11-7-5-6-8-13(11)17(3)16-14/h5-8,12,15H,4,9-10H2,1-3H3. The SMILES string of the molecule is CCCOCC(NC)c1nn(C)c2ccccc12. The fourth-order valence-corrected chi connectivity index (χ4v) is 2.14. The van der Waals surface area contributed by atoms with Gasteiger partial charge in [-0.25, -0.2) is 0 Å². The Hall–Kier alpha value is -1.39. The lowest BCUT2D eigenvalue weighted by molar-refractivity contribution is 0.113. The van der Waals surface area contributed by atoms with Crippen molar-refractivity contribution in [3.05, 3.63) is 30.0 Å². The van der Waals surface area contributed by atoms with E-state index in [0.29, 0.717) is 6.61 Å². The minimum Gasteiger partial charge on any atom is -0.379 e. The molecule has 0 saturated carbocycles. The number of nitrogens with one attached hydrogen (secondary N) is 1. The van der Waals surface area contributed by atoms with E-state index in [0.717, 1.165) is 24.2 Å². The highest BCUT2D eigenvalue weighted by molar-refractivity contribution is 5.82. The van der Waals surface area contributed by atoms with Crippen LogP contribution in [0.2, 0.25) is 0 Å². The van der Waals surface area contributed by atoms with Crippen LogP contribution < -0.4 is 5.32 Å². The molecule has 0 radical (unpaired) electrons. The van der Waals surface area contributed by atoms with Gasteiger partial charge in [0, 0.05) is 19.0 Å². The zero-order valence-corrected chi connectivity index (χ0v) is 11.3. The molecule has 0 aliphatic heterocycles. The maximum absolute atomic E-state index is 5.64. The van der Waals surface area contributed by atoms with Crippen molar-refractivity contribution in [1.29, 1.82) is 0 Å². The first-order valence-corrected chi connectivity index (χ1v) is 6.44. The highest BCUT2D eigenvalue weighted by atomic mass is 16.5. The number of likely N-dealkylation sites (N-methyl/N-ethyl adjacent to an activating group) is 1. The summed E-state index contributed by atoms with van der Waals surface area (Å²) >= 11 is 0. The largest absolute Gasteiger partial charge is 0.379 e. The minimum absolute atomic E-state index is 0.141. The molecular weight excluding hydrogens is 226 g/mol. The topological polar surface area (TPSA) is 39.1 Å². The smallest absolute Gasteiger partial charge is 0.0896 e. The summed E-state index contributed by atoms with van der Waals surface area (Å²) in [6.45, 7) is 3.57. The van der Waals surface area contributed by atoms with E-state index in [2.05, 4.69) is 29.5 Å². The summed E-state index contributed by atoms with van der Waals surface area (Å²) in [5, 5.41) is 9.09. The van der Waals surface area contributed by atoms with Gasteiger partial charge in [0.15, 0.2) is 0 Å². The molecule has 1 heterocycles. The van der Waals surface area contributed by atoms with Gasteiger partial charge in [0.1, 0.15) is 0 Å². The van der Waals surface area contributed by atoms with E-state index >= 15 is 0 Å². The van der Waals surface area contributed by atoms with E-state index < -0.39 is 0 Å². The molecule has 1 unspecified atom stereocenters. The molecule has 0 amide bonds. The molecule has 98 valence electrons. The summed E-state index contributed by atoms with van der Waals surface area (Å²) in [7, 11) is 3.93. The van der Waals surface area contributed by atoms with Crippen LogP contribution in [0.5, 0.6) is 0 Å². The quantitative estimate of drug-likeness (QED) is 0.796. The number of para-hydroxylation sites is 1. The van der Waals surface area contributed by atoms with Crippen LogP contribution in [0.1, 0.15) is 25.1 Å². The van der Waals surface area contributed by atoms with Gasteiger partial charge >= 0.3 is 0 Å². The molecule has 0 saturated heterocycles. The number of hydrogen-bond donors (Lipinski definition) is 1. The Morgan fingerprint density at radius 2 is 2.17 bits per heavy atom. The number of ether oxygens (including phenoxy) is 1. The number of fused-ring (bicyclic) bond motifs is 1. The lowest BCUT2D eigenvalue weighted by Gasteiger charge is -2.14. The summed E-state index contributed by atoms with van der Waals surface area (Å²) in [4.78, 5) is 0. The molecule has 1 aromatic heterocycles. The van der Waals surface area contributed by atoms with Gasteiger partial charge in [-0.05, 0) is 19.5 Å². The lowest BCUT2D eigenvalue weighted by atomic mass is 10.1. The Bertz CT molecular complexity index is 507. The molecule has 0 aliphatic carbocycles. The monoisotopic (exact) mass is 247 g/mol. The van der Waals surface area contributed by atoms with Crippen LogP contribution in [0.25, 0.3) is 10.9 Å². The molecular formula is C14H21N3O. The van der Waals surface area contributed by atoms with Crippen LogP contribution in [-0.2, 0) is 11.8 Å². The van der Waals surface area contributed by atoms with Crippen molar-refractivity contribution >= 4 is 10.9 Å². The predicted octanol–water partition coefficient (Wildman–Crippen LogP) is 2.26. The zero-order chi connectivity index (χ0) is 13.0. The van der Waals surface area contributed by atoms with Crippen molar-refractivity contribution in [2.45, 2.75) is 19.4 Å². The van der Waals surface area contributed by atoms with Gasteiger partial charge in [-0.1, -0.05) is 25.1 Å². The summed E-state index contributed by atoms with van der Waals surface area (Å²) in [5.74, 6) is 0. The predicted molar refractivity (Wildman–Crippen MR) is 73.6 cm³/mol. The maximum Gasteiger partial charge on any atom is 0.0896 e. The number of benzene rings is 1. The Morgan fingerprint density at radius 3 is 2.89 bits per heavy atom. The normalized spacial score (nSPS) is 13.1.